The topological polar surface area (TPSA) is 29.5 Å². The summed E-state index contributed by atoms with van der Waals surface area (Å²) in [6, 6.07) is 9.16. The summed E-state index contributed by atoms with van der Waals surface area (Å²) in [4.78, 5) is 13.9. The molecule has 1 aliphatic rings. The first-order valence-corrected chi connectivity index (χ1v) is 7.19. The molecule has 0 saturated heterocycles. The smallest absolute Gasteiger partial charge is 0.350 e. The van der Waals surface area contributed by atoms with Gasteiger partial charge in [0.15, 0.2) is 0 Å². The number of halogens is 2. The van der Waals surface area contributed by atoms with Crippen LogP contribution in [0.1, 0.15) is 13.8 Å². The fourth-order valence-corrected chi connectivity index (χ4v) is 2.58. The molecular formula is C15H17Cl2NO2. The van der Waals surface area contributed by atoms with Crippen molar-refractivity contribution < 1.29 is 9.53 Å². The van der Waals surface area contributed by atoms with Gasteiger partial charge in [-0.2, -0.15) is 0 Å². The summed E-state index contributed by atoms with van der Waals surface area (Å²) in [6.45, 7) is 3.91. The third-order valence-electron chi connectivity index (χ3n) is 3.33. The van der Waals surface area contributed by atoms with Crippen LogP contribution in [-0.4, -0.2) is 23.4 Å². The van der Waals surface area contributed by atoms with E-state index in [9.17, 15) is 4.79 Å². The number of alkyl halides is 2. The molecule has 1 aliphatic heterocycles. The van der Waals surface area contributed by atoms with E-state index in [0.717, 1.165) is 5.69 Å². The monoisotopic (exact) mass is 313 g/mol. The number of allylic oxidation sites excluding steroid dienone is 1. The Bertz CT molecular complexity index is 526. The van der Waals surface area contributed by atoms with Gasteiger partial charge in [-0.25, -0.2) is 4.79 Å². The van der Waals surface area contributed by atoms with Crippen LogP contribution in [0.25, 0.3) is 0 Å². The van der Waals surface area contributed by atoms with Crippen LogP contribution >= 0.6 is 23.2 Å². The number of likely N-dealkylation sites (N-methyl/N-ethyl adjacent to an activating group) is 1. The van der Waals surface area contributed by atoms with Gasteiger partial charge in [0.05, 0.1) is 6.04 Å². The average molecular weight is 314 g/mol. The molecule has 3 nitrogen and oxygen atoms in total. The van der Waals surface area contributed by atoms with E-state index in [-0.39, 0.29) is 5.92 Å². The van der Waals surface area contributed by atoms with Crippen molar-refractivity contribution >= 4 is 34.9 Å². The molecule has 108 valence electrons. The number of hydrogen-bond donors (Lipinski definition) is 0. The van der Waals surface area contributed by atoms with Crippen LogP contribution in [0.4, 0.5) is 5.69 Å². The Kier molecular flexibility index (Phi) is 4.31. The predicted molar refractivity (Wildman–Crippen MR) is 82.1 cm³/mol. The number of benzene rings is 1. The lowest BCUT2D eigenvalue weighted by Gasteiger charge is -2.38. The van der Waals surface area contributed by atoms with Crippen molar-refractivity contribution in [3.8, 4) is 0 Å². The number of carbonyl (C=O) groups is 1. The van der Waals surface area contributed by atoms with Gasteiger partial charge in [-0.15, -0.1) is 0 Å². The molecule has 0 saturated carbocycles. The minimum atomic E-state index is -1.62. The molecule has 0 radical (unpaired) electrons. The van der Waals surface area contributed by atoms with E-state index < -0.39 is 16.3 Å². The van der Waals surface area contributed by atoms with E-state index >= 15 is 0 Å². The summed E-state index contributed by atoms with van der Waals surface area (Å²) in [5, 5.41) is 0. The first-order valence-electron chi connectivity index (χ1n) is 6.43. The molecule has 1 atom stereocenters. The van der Waals surface area contributed by atoms with Crippen molar-refractivity contribution in [1.82, 2.24) is 0 Å². The molecule has 2 rings (SSSR count). The number of ether oxygens (including phenoxy) is 1. The van der Waals surface area contributed by atoms with Crippen LogP contribution in [0.5, 0.6) is 0 Å². The Morgan fingerprint density at radius 1 is 1.25 bits per heavy atom. The molecule has 5 heteroatoms. The minimum absolute atomic E-state index is 0.0926. The number of rotatable bonds is 3. The number of nitrogens with zero attached hydrogens (tertiary/aromatic N) is 1. The maximum atomic E-state index is 12.0. The first kappa shape index (κ1) is 15.2. The highest BCUT2D eigenvalue weighted by atomic mass is 35.5. The zero-order chi connectivity index (χ0) is 14.9. The van der Waals surface area contributed by atoms with Gasteiger partial charge < -0.3 is 9.64 Å². The van der Waals surface area contributed by atoms with E-state index in [1.807, 2.05) is 62.2 Å². The first-order chi connectivity index (χ1) is 9.34. The van der Waals surface area contributed by atoms with Crippen LogP contribution < -0.4 is 4.90 Å². The van der Waals surface area contributed by atoms with Gasteiger partial charge in [-0.1, -0.05) is 55.2 Å². The molecule has 0 spiro atoms. The average Bonchev–Trinajstić information content (AvgIpc) is 2.41. The quantitative estimate of drug-likeness (QED) is 0.628. The molecule has 0 aromatic heterocycles. The van der Waals surface area contributed by atoms with Crippen molar-refractivity contribution in [1.29, 1.82) is 0 Å². The molecule has 0 aliphatic carbocycles. The van der Waals surface area contributed by atoms with Crippen LogP contribution in [-0.2, 0) is 9.53 Å². The zero-order valence-corrected chi connectivity index (χ0v) is 13.2. The highest BCUT2D eigenvalue weighted by Gasteiger charge is 2.49. The van der Waals surface area contributed by atoms with Crippen molar-refractivity contribution in [3.05, 3.63) is 42.2 Å². The predicted octanol–water partition coefficient (Wildman–Crippen LogP) is 3.76. The van der Waals surface area contributed by atoms with Crippen molar-refractivity contribution in [2.75, 3.05) is 11.9 Å². The highest BCUT2D eigenvalue weighted by Crippen LogP contribution is 2.38. The number of para-hydroxylation sites is 1. The largest absolute Gasteiger partial charge is 0.429 e. The molecule has 0 N–H and O–H groups in total. The second kappa shape index (κ2) is 5.66. The molecule has 1 aromatic carbocycles. The summed E-state index contributed by atoms with van der Waals surface area (Å²) in [6.07, 6.45) is 1.82. The molecular weight excluding hydrogens is 297 g/mol. The molecule has 1 unspecified atom stereocenters. The van der Waals surface area contributed by atoms with Crippen LogP contribution in [0.3, 0.4) is 0 Å². The summed E-state index contributed by atoms with van der Waals surface area (Å²) < 4.78 is 3.59. The molecule has 0 fully saturated rings. The number of carbonyl (C=O) groups excluding carboxylic acids is 1. The van der Waals surface area contributed by atoms with Crippen LogP contribution in [0, 0.1) is 5.92 Å². The zero-order valence-electron chi connectivity index (χ0n) is 11.6. The van der Waals surface area contributed by atoms with Crippen molar-refractivity contribution in [3.63, 3.8) is 0 Å². The van der Waals surface area contributed by atoms with E-state index in [2.05, 4.69) is 0 Å². The van der Waals surface area contributed by atoms with E-state index in [1.54, 1.807) is 0 Å². The SMILES string of the molecule is CC(C)C1=CC(N(C)c2ccccc2)C(Cl)(Cl)C(=O)O1. The van der Waals surface area contributed by atoms with Gasteiger partial charge >= 0.3 is 5.97 Å². The fraction of sp³-hybridized carbons (Fsp3) is 0.400. The van der Waals surface area contributed by atoms with E-state index in [0.29, 0.717) is 5.76 Å². The Hall–Kier alpha value is -1.19. The normalized spacial score (nSPS) is 21.4. The highest BCUT2D eigenvalue weighted by molar-refractivity contribution is 6.58. The van der Waals surface area contributed by atoms with Crippen LogP contribution in [0.15, 0.2) is 42.2 Å². The van der Waals surface area contributed by atoms with E-state index in [1.165, 1.54) is 0 Å². The Morgan fingerprint density at radius 3 is 2.40 bits per heavy atom. The standard InChI is InChI=1S/C15H17Cl2NO2/c1-10(2)12-9-13(15(16,17)14(19)20-12)18(3)11-7-5-4-6-8-11/h4-10,13H,1-3H3. The van der Waals surface area contributed by atoms with E-state index in [4.69, 9.17) is 27.9 Å². The summed E-state index contributed by atoms with van der Waals surface area (Å²) in [7, 11) is 1.85. The van der Waals surface area contributed by atoms with Crippen LogP contribution in [0.2, 0.25) is 0 Å². The summed E-state index contributed by atoms with van der Waals surface area (Å²) in [5.41, 5.74) is 0.928. The third kappa shape index (κ3) is 2.79. The Labute approximate surface area is 129 Å². The fourth-order valence-electron chi connectivity index (χ4n) is 2.08. The molecule has 0 amide bonds. The summed E-state index contributed by atoms with van der Waals surface area (Å²) in [5.74, 6) is 0.0644. The van der Waals surface area contributed by atoms with Gasteiger partial charge in [-0.3, -0.25) is 0 Å². The number of anilines is 1. The minimum Gasteiger partial charge on any atom is -0.429 e. The second-order valence-corrected chi connectivity index (χ2v) is 6.51. The molecule has 1 aromatic rings. The number of cyclic esters (lactones) is 1. The molecule has 20 heavy (non-hydrogen) atoms. The van der Waals surface area contributed by atoms with Gasteiger partial charge in [0.2, 0.25) is 4.33 Å². The van der Waals surface area contributed by atoms with Crippen molar-refractivity contribution in [2.24, 2.45) is 5.92 Å². The maximum Gasteiger partial charge on any atom is 0.350 e. The Morgan fingerprint density at radius 2 is 1.85 bits per heavy atom. The lowest BCUT2D eigenvalue weighted by molar-refractivity contribution is -0.142. The second-order valence-electron chi connectivity index (χ2n) is 5.13. The third-order valence-corrected chi connectivity index (χ3v) is 4.08. The van der Waals surface area contributed by atoms with Gasteiger partial charge in [-0.05, 0) is 18.2 Å². The van der Waals surface area contributed by atoms with Gasteiger partial charge in [0.25, 0.3) is 0 Å². The molecule has 1 heterocycles. The van der Waals surface area contributed by atoms with Gasteiger partial charge in [0, 0.05) is 18.7 Å². The summed E-state index contributed by atoms with van der Waals surface area (Å²) >= 11 is 12.4. The Balaban J connectivity index is 2.40. The number of hydrogen-bond acceptors (Lipinski definition) is 3. The van der Waals surface area contributed by atoms with Gasteiger partial charge in [0.1, 0.15) is 5.76 Å². The van der Waals surface area contributed by atoms with Crippen molar-refractivity contribution in [2.45, 2.75) is 24.2 Å². The molecule has 0 bridgehead atoms. The number of esters is 1. The lowest BCUT2D eigenvalue weighted by Crippen LogP contribution is -2.52. The maximum absolute atomic E-state index is 12.0. The lowest BCUT2D eigenvalue weighted by atomic mass is 10.0.